The van der Waals surface area contributed by atoms with E-state index in [0.29, 0.717) is 26.3 Å². The van der Waals surface area contributed by atoms with Crippen molar-refractivity contribution in [2.45, 2.75) is 0 Å². The SMILES string of the molecule is O=C(NC(=S)Nc1cc(Cl)c(Cl)cc1Cl)c1ccccc1I. The van der Waals surface area contributed by atoms with Crippen LogP contribution >= 0.6 is 69.6 Å². The monoisotopic (exact) mass is 484 g/mol. The van der Waals surface area contributed by atoms with Gasteiger partial charge in [0.05, 0.1) is 26.3 Å². The van der Waals surface area contributed by atoms with Crippen molar-refractivity contribution in [3.63, 3.8) is 0 Å². The van der Waals surface area contributed by atoms with Gasteiger partial charge in [-0.25, -0.2) is 0 Å². The maximum atomic E-state index is 12.1. The van der Waals surface area contributed by atoms with Gasteiger partial charge in [0.2, 0.25) is 0 Å². The summed E-state index contributed by atoms with van der Waals surface area (Å²) in [5.74, 6) is -0.307. The third kappa shape index (κ3) is 4.45. The van der Waals surface area contributed by atoms with E-state index >= 15 is 0 Å². The molecule has 0 saturated heterocycles. The van der Waals surface area contributed by atoms with Crippen molar-refractivity contribution in [1.29, 1.82) is 0 Å². The predicted octanol–water partition coefficient (Wildman–Crippen LogP) is 5.38. The molecule has 2 aromatic carbocycles. The molecule has 2 aromatic rings. The summed E-state index contributed by atoms with van der Waals surface area (Å²) in [6.45, 7) is 0. The van der Waals surface area contributed by atoms with E-state index < -0.39 is 0 Å². The molecule has 0 heterocycles. The van der Waals surface area contributed by atoms with Gasteiger partial charge in [-0.05, 0) is 59.1 Å². The van der Waals surface area contributed by atoms with Crippen molar-refractivity contribution in [1.82, 2.24) is 5.32 Å². The van der Waals surface area contributed by atoms with E-state index in [9.17, 15) is 4.79 Å². The van der Waals surface area contributed by atoms with Crippen LogP contribution in [0.15, 0.2) is 36.4 Å². The molecule has 0 bridgehead atoms. The van der Waals surface area contributed by atoms with Crippen LogP contribution in [-0.2, 0) is 0 Å². The van der Waals surface area contributed by atoms with Crippen molar-refractivity contribution in [3.8, 4) is 0 Å². The number of benzene rings is 2. The Morgan fingerprint density at radius 3 is 2.36 bits per heavy atom. The number of carbonyl (C=O) groups excluding carboxylic acids is 1. The van der Waals surface area contributed by atoms with Gasteiger partial charge in [-0.15, -0.1) is 0 Å². The van der Waals surface area contributed by atoms with Gasteiger partial charge in [0.1, 0.15) is 0 Å². The van der Waals surface area contributed by atoms with Crippen LogP contribution in [0.5, 0.6) is 0 Å². The van der Waals surface area contributed by atoms with E-state index in [2.05, 4.69) is 33.2 Å². The lowest BCUT2D eigenvalue weighted by Gasteiger charge is -2.12. The zero-order valence-corrected chi connectivity index (χ0v) is 16.0. The van der Waals surface area contributed by atoms with Crippen molar-refractivity contribution in [2.75, 3.05) is 5.32 Å². The van der Waals surface area contributed by atoms with E-state index in [4.69, 9.17) is 47.0 Å². The highest BCUT2D eigenvalue weighted by atomic mass is 127. The summed E-state index contributed by atoms with van der Waals surface area (Å²) in [6.07, 6.45) is 0. The molecule has 0 aliphatic heterocycles. The smallest absolute Gasteiger partial charge is 0.258 e. The number of thiocarbonyl (C=S) groups is 1. The maximum absolute atomic E-state index is 12.1. The van der Waals surface area contributed by atoms with Crippen LogP contribution in [0.3, 0.4) is 0 Å². The Kier molecular flexibility index (Phi) is 6.28. The summed E-state index contributed by atoms with van der Waals surface area (Å²) < 4.78 is 0.827. The molecule has 0 aliphatic rings. The van der Waals surface area contributed by atoms with Gasteiger partial charge < -0.3 is 5.32 Å². The fourth-order valence-electron chi connectivity index (χ4n) is 1.59. The number of amides is 1. The van der Waals surface area contributed by atoms with Crippen molar-refractivity contribution >= 4 is 86.3 Å². The molecule has 0 fully saturated rings. The second-order valence-electron chi connectivity index (χ2n) is 4.13. The van der Waals surface area contributed by atoms with Gasteiger partial charge in [0, 0.05) is 3.57 Å². The van der Waals surface area contributed by atoms with E-state index in [0.717, 1.165) is 3.57 Å². The van der Waals surface area contributed by atoms with Gasteiger partial charge in [-0.3, -0.25) is 10.1 Å². The molecular formula is C14H8Cl3IN2OS. The molecule has 114 valence electrons. The van der Waals surface area contributed by atoms with Crippen LogP contribution in [0.4, 0.5) is 5.69 Å². The summed E-state index contributed by atoms with van der Waals surface area (Å²) in [5.41, 5.74) is 0.997. The maximum Gasteiger partial charge on any atom is 0.258 e. The first-order valence-electron chi connectivity index (χ1n) is 5.90. The zero-order chi connectivity index (χ0) is 16.3. The summed E-state index contributed by atoms with van der Waals surface area (Å²) in [4.78, 5) is 12.1. The Labute approximate surface area is 161 Å². The minimum Gasteiger partial charge on any atom is -0.331 e. The third-order valence-electron chi connectivity index (χ3n) is 2.60. The number of anilines is 1. The number of carbonyl (C=O) groups is 1. The predicted molar refractivity (Wildman–Crippen MR) is 104 cm³/mol. The van der Waals surface area contributed by atoms with E-state index in [-0.39, 0.29) is 11.0 Å². The van der Waals surface area contributed by atoms with Crippen molar-refractivity contribution in [2.24, 2.45) is 0 Å². The van der Waals surface area contributed by atoms with E-state index in [1.54, 1.807) is 12.1 Å². The Morgan fingerprint density at radius 1 is 1.05 bits per heavy atom. The fourth-order valence-corrected chi connectivity index (χ4v) is 3.02. The second kappa shape index (κ2) is 7.79. The van der Waals surface area contributed by atoms with Crippen molar-refractivity contribution in [3.05, 3.63) is 60.6 Å². The number of nitrogens with one attached hydrogen (secondary N) is 2. The minimum absolute atomic E-state index is 0.116. The highest BCUT2D eigenvalue weighted by Crippen LogP contribution is 2.32. The molecule has 0 aromatic heterocycles. The first-order valence-corrected chi connectivity index (χ1v) is 8.52. The summed E-state index contributed by atoms with van der Waals surface area (Å²) in [5, 5.41) is 6.54. The Bertz CT molecular complexity index is 755. The van der Waals surface area contributed by atoms with Crippen LogP contribution in [0.1, 0.15) is 10.4 Å². The van der Waals surface area contributed by atoms with E-state index in [1.165, 1.54) is 12.1 Å². The average Bonchev–Trinajstić information content (AvgIpc) is 2.45. The molecule has 1 amide bonds. The number of halogens is 4. The summed E-state index contributed by atoms with van der Waals surface area (Å²) in [7, 11) is 0. The molecule has 22 heavy (non-hydrogen) atoms. The number of hydrogen-bond acceptors (Lipinski definition) is 2. The first kappa shape index (κ1) is 17.7. The fraction of sp³-hybridized carbons (Fsp3) is 0. The molecule has 8 heteroatoms. The van der Waals surface area contributed by atoms with Gasteiger partial charge in [0.25, 0.3) is 5.91 Å². The average molecular weight is 486 g/mol. The quantitative estimate of drug-likeness (QED) is 0.341. The highest BCUT2D eigenvalue weighted by molar-refractivity contribution is 14.1. The highest BCUT2D eigenvalue weighted by Gasteiger charge is 2.12. The number of hydrogen-bond donors (Lipinski definition) is 2. The van der Waals surface area contributed by atoms with Crippen molar-refractivity contribution < 1.29 is 4.79 Å². The first-order chi connectivity index (χ1) is 10.4. The molecular weight excluding hydrogens is 477 g/mol. The molecule has 0 unspecified atom stereocenters. The molecule has 0 radical (unpaired) electrons. The Hall–Kier alpha value is -0.600. The zero-order valence-electron chi connectivity index (χ0n) is 10.8. The topological polar surface area (TPSA) is 41.1 Å². The molecule has 0 spiro atoms. The van der Waals surface area contributed by atoms with Crippen LogP contribution in [0, 0.1) is 3.57 Å². The van der Waals surface area contributed by atoms with Crippen LogP contribution in [-0.4, -0.2) is 11.0 Å². The summed E-state index contributed by atoms with van der Waals surface area (Å²) >= 11 is 25.0. The lowest BCUT2D eigenvalue weighted by Crippen LogP contribution is -2.34. The van der Waals surface area contributed by atoms with Gasteiger partial charge in [-0.1, -0.05) is 46.9 Å². The summed E-state index contributed by atoms with van der Waals surface area (Å²) in [6, 6.07) is 10.2. The van der Waals surface area contributed by atoms with E-state index in [1.807, 2.05) is 12.1 Å². The van der Waals surface area contributed by atoms with Crippen LogP contribution in [0.2, 0.25) is 15.1 Å². The molecule has 3 nitrogen and oxygen atoms in total. The molecule has 2 N–H and O–H groups in total. The molecule has 0 aliphatic carbocycles. The lowest BCUT2D eigenvalue weighted by molar-refractivity contribution is 0.0977. The van der Waals surface area contributed by atoms with Crippen LogP contribution in [0.25, 0.3) is 0 Å². The van der Waals surface area contributed by atoms with Gasteiger partial charge in [-0.2, -0.15) is 0 Å². The minimum atomic E-state index is -0.307. The third-order valence-corrected chi connectivity index (χ3v) is 4.78. The molecule has 0 saturated carbocycles. The molecule has 2 rings (SSSR count). The largest absolute Gasteiger partial charge is 0.331 e. The van der Waals surface area contributed by atoms with Crippen LogP contribution < -0.4 is 10.6 Å². The molecule has 0 atom stereocenters. The second-order valence-corrected chi connectivity index (χ2v) is 6.93. The number of rotatable bonds is 2. The standard InChI is InChI=1S/C14H8Cl3IN2OS/c15-8-5-10(17)12(6-9(8)16)19-14(22)20-13(21)7-3-1-2-4-11(7)18/h1-6H,(H2,19,20,21,22). The normalized spacial score (nSPS) is 10.2. The Morgan fingerprint density at radius 2 is 1.68 bits per heavy atom. The Balaban J connectivity index is 2.09. The lowest BCUT2D eigenvalue weighted by atomic mass is 10.2. The van der Waals surface area contributed by atoms with Gasteiger partial charge in [0.15, 0.2) is 5.11 Å². The van der Waals surface area contributed by atoms with Gasteiger partial charge >= 0.3 is 0 Å².